The predicted octanol–water partition coefficient (Wildman–Crippen LogP) is 4.83. The van der Waals surface area contributed by atoms with Crippen molar-refractivity contribution in [1.29, 1.82) is 0 Å². The Kier molecular flexibility index (Phi) is 2.63. The lowest BCUT2D eigenvalue weighted by molar-refractivity contribution is 1.36. The van der Waals surface area contributed by atoms with Crippen molar-refractivity contribution < 1.29 is 0 Å². The van der Waals surface area contributed by atoms with E-state index in [9.17, 15) is 0 Å². The first-order chi connectivity index (χ1) is 11.4. The molecular formula is C18H12N4S. The fraction of sp³-hybridized carbons (Fsp3) is 0. The number of H-pyrrole nitrogens is 2. The molecule has 0 saturated heterocycles. The maximum absolute atomic E-state index is 4.85. The molecule has 23 heavy (non-hydrogen) atoms. The molecule has 0 spiro atoms. The van der Waals surface area contributed by atoms with E-state index in [0.29, 0.717) is 0 Å². The number of rotatable bonds is 2. The lowest BCUT2D eigenvalue weighted by Crippen LogP contribution is -1.78. The van der Waals surface area contributed by atoms with Gasteiger partial charge in [-0.15, -0.1) is 11.3 Å². The van der Waals surface area contributed by atoms with Gasteiger partial charge in [0.1, 0.15) is 5.01 Å². The number of pyridine rings is 1. The second-order valence-corrected chi connectivity index (χ2v) is 6.27. The minimum Gasteiger partial charge on any atom is -0.360 e. The fourth-order valence-corrected chi connectivity index (χ4v) is 3.79. The first-order valence-corrected chi connectivity index (χ1v) is 8.21. The van der Waals surface area contributed by atoms with Gasteiger partial charge in [0.25, 0.3) is 0 Å². The van der Waals surface area contributed by atoms with Gasteiger partial charge in [0.2, 0.25) is 0 Å². The minimum atomic E-state index is 0.981. The van der Waals surface area contributed by atoms with E-state index in [1.54, 1.807) is 17.5 Å². The lowest BCUT2D eigenvalue weighted by Gasteiger charge is -1.95. The second kappa shape index (κ2) is 4.79. The third-order valence-electron chi connectivity index (χ3n) is 4.08. The van der Waals surface area contributed by atoms with Crippen LogP contribution in [-0.4, -0.2) is 19.9 Å². The number of thiazole rings is 1. The van der Waals surface area contributed by atoms with Crippen molar-refractivity contribution in [3.63, 3.8) is 0 Å². The van der Waals surface area contributed by atoms with Crippen molar-refractivity contribution >= 4 is 33.1 Å². The van der Waals surface area contributed by atoms with Crippen molar-refractivity contribution in [3.05, 3.63) is 60.5 Å². The fourth-order valence-electron chi connectivity index (χ4n) is 2.94. The van der Waals surface area contributed by atoms with Gasteiger partial charge in [-0.1, -0.05) is 18.2 Å². The van der Waals surface area contributed by atoms with E-state index in [-0.39, 0.29) is 0 Å². The standard InChI is InChI=1S/C18H12N4S/c1-2-4-15-11(3-1)14(9-21-15)18-22-17(10-23-18)13-8-20-16-5-6-19-7-12(13)16/h1-10,20-21H. The van der Waals surface area contributed by atoms with Crippen LogP contribution in [0.5, 0.6) is 0 Å². The summed E-state index contributed by atoms with van der Waals surface area (Å²) in [5.74, 6) is 0. The lowest BCUT2D eigenvalue weighted by atomic mass is 10.1. The highest BCUT2D eigenvalue weighted by Gasteiger charge is 2.13. The normalized spacial score (nSPS) is 11.5. The van der Waals surface area contributed by atoms with E-state index in [2.05, 4.69) is 38.5 Å². The Morgan fingerprint density at radius 2 is 1.70 bits per heavy atom. The van der Waals surface area contributed by atoms with Crippen LogP contribution in [0, 0.1) is 0 Å². The van der Waals surface area contributed by atoms with Crippen LogP contribution in [0.15, 0.2) is 60.5 Å². The van der Waals surface area contributed by atoms with Crippen molar-refractivity contribution in [3.8, 4) is 21.8 Å². The molecule has 5 aromatic rings. The van der Waals surface area contributed by atoms with Crippen LogP contribution < -0.4 is 0 Å². The van der Waals surface area contributed by atoms with Crippen LogP contribution in [-0.2, 0) is 0 Å². The van der Waals surface area contributed by atoms with Gasteiger partial charge in [-0.05, 0) is 12.1 Å². The van der Waals surface area contributed by atoms with E-state index in [1.807, 2.05) is 30.7 Å². The van der Waals surface area contributed by atoms with Crippen molar-refractivity contribution in [2.75, 3.05) is 0 Å². The predicted molar refractivity (Wildman–Crippen MR) is 94.5 cm³/mol. The Labute approximate surface area is 135 Å². The van der Waals surface area contributed by atoms with Gasteiger partial charge in [0.15, 0.2) is 0 Å². The largest absolute Gasteiger partial charge is 0.360 e. The average Bonchev–Trinajstić information content (AvgIpc) is 3.31. The quantitative estimate of drug-likeness (QED) is 0.490. The van der Waals surface area contributed by atoms with Crippen LogP contribution >= 0.6 is 11.3 Å². The molecule has 0 amide bonds. The summed E-state index contributed by atoms with van der Waals surface area (Å²) >= 11 is 1.66. The topological polar surface area (TPSA) is 57.4 Å². The average molecular weight is 316 g/mol. The highest BCUT2D eigenvalue weighted by Crippen LogP contribution is 2.35. The van der Waals surface area contributed by atoms with Crippen molar-refractivity contribution in [1.82, 2.24) is 19.9 Å². The Morgan fingerprint density at radius 1 is 0.870 bits per heavy atom. The molecule has 0 saturated carbocycles. The molecule has 0 atom stereocenters. The zero-order chi connectivity index (χ0) is 15.2. The SMILES string of the molecule is c1ccc2c(-c3nc(-c4c[nH]c5ccncc45)cs3)c[nH]c2c1. The second-order valence-electron chi connectivity index (χ2n) is 5.41. The van der Waals surface area contributed by atoms with E-state index in [1.165, 1.54) is 5.39 Å². The van der Waals surface area contributed by atoms with E-state index < -0.39 is 0 Å². The Hall–Kier alpha value is -2.92. The molecule has 4 heterocycles. The number of para-hydroxylation sites is 1. The van der Waals surface area contributed by atoms with E-state index in [0.717, 1.165) is 38.2 Å². The number of nitrogens with one attached hydrogen (secondary N) is 2. The smallest absolute Gasteiger partial charge is 0.126 e. The molecule has 4 nitrogen and oxygen atoms in total. The molecule has 0 fully saturated rings. The third kappa shape index (κ3) is 1.90. The van der Waals surface area contributed by atoms with Crippen LogP contribution in [0.3, 0.4) is 0 Å². The zero-order valence-corrected chi connectivity index (χ0v) is 12.9. The van der Waals surface area contributed by atoms with Gasteiger partial charge >= 0.3 is 0 Å². The number of hydrogen-bond donors (Lipinski definition) is 2. The molecule has 0 aliphatic carbocycles. The van der Waals surface area contributed by atoms with Crippen LogP contribution in [0.1, 0.15) is 0 Å². The molecule has 0 unspecified atom stereocenters. The molecule has 0 aliphatic rings. The van der Waals surface area contributed by atoms with E-state index >= 15 is 0 Å². The number of nitrogens with zero attached hydrogens (tertiary/aromatic N) is 2. The van der Waals surface area contributed by atoms with Crippen LogP contribution in [0.25, 0.3) is 43.6 Å². The number of fused-ring (bicyclic) bond motifs is 2. The molecule has 110 valence electrons. The molecule has 5 rings (SSSR count). The Balaban J connectivity index is 1.66. The maximum atomic E-state index is 4.85. The third-order valence-corrected chi connectivity index (χ3v) is 4.96. The van der Waals surface area contributed by atoms with Gasteiger partial charge < -0.3 is 9.97 Å². The summed E-state index contributed by atoms with van der Waals surface area (Å²) in [7, 11) is 0. The summed E-state index contributed by atoms with van der Waals surface area (Å²) in [5, 5.41) is 5.43. The van der Waals surface area contributed by atoms with Gasteiger partial charge in [-0.25, -0.2) is 4.98 Å². The van der Waals surface area contributed by atoms with Gasteiger partial charge in [-0.2, -0.15) is 0 Å². The number of hydrogen-bond acceptors (Lipinski definition) is 3. The molecule has 0 bridgehead atoms. The first-order valence-electron chi connectivity index (χ1n) is 7.33. The van der Waals surface area contributed by atoms with Gasteiger partial charge in [0, 0.05) is 63.1 Å². The van der Waals surface area contributed by atoms with Crippen LogP contribution in [0.4, 0.5) is 0 Å². The highest BCUT2D eigenvalue weighted by molar-refractivity contribution is 7.13. The summed E-state index contributed by atoms with van der Waals surface area (Å²) in [6.07, 6.45) is 7.71. The summed E-state index contributed by atoms with van der Waals surface area (Å²) in [6.45, 7) is 0. The molecule has 2 N–H and O–H groups in total. The molecule has 0 radical (unpaired) electrons. The van der Waals surface area contributed by atoms with Gasteiger partial charge in [-0.3, -0.25) is 4.98 Å². The Morgan fingerprint density at radius 3 is 2.65 bits per heavy atom. The Bertz CT molecular complexity index is 1040. The number of benzene rings is 1. The maximum Gasteiger partial charge on any atom is 0.126 e. The summed E-state index contributed by atoms with van der Waals surface area (Å²) < 4.78 is 0. The summed E-state index contributed by atoms with van der Waals surface area (Å²) in [6, 6.07) is 10.3. The van der Waals surface area contributed by atoms with Crippen molar-refractivity contribution in [2.24, 2.45) is 0 Å². The summed E-state index contributed by atoms with van der Waals surface area (Å²) in [5.41, 5.74) is 5.44. The monoisotopic (exact) mass is 316 g/mol. The number of aromatic nitrogens is 4. The molecule has 1 aromatic carbocycles. The zero-order valence-electron chi connectivity index (χ0n) is 12.1. The highest BCUT2D eigenvalue weighted by atomic mass is 32.1. The van der Waals surface area contributed by atoms with Crippen LogP contribution in [0.2, 0.25) is 0 Å². The minimum absolute atomic E-state index is 0.981. The van der Waals surface area contributed by atoms with Gasteiger partial charge in [0.05, 0.1) is 5.69 Å². The molecule has 4 aromatic heterocycles. The summed E-state index contributed by atoms with van der Waals surface area (Å²) in [4.78, 5) is 15.7. The molecular weight excluding hydrogens is 304 g/mol. The molecule has 0 aliphatic heterocycles. The van der Waals surface area contributed by atoms with E-state index in [4.69, 9.17) is 4.98 Å². The van der Waals surface area contributed by atoms with Crippen molar-refractivity contribution in [2.45, 2.75) is 0 Å². The molecule has 5 heteroatoms. The number of aromatic amines is 2. The first kappa shape index (κ1) is 12.6.